The standard InChI is InChI=1S/C15H22N2O2/c1-10-5-4-6-11(2)17(10)14-8-7-12(9-13(14)16)15(18)19-3/h7-11H,4-6,16H2,1-3H3/t10-,11+. The number of carbonyl (C=O) groups is 1. The molecule has 1 aromatic rings. The molecular formula is C15H22N2O2. The van der Waals surface area contributed by atoms with E-state index in [1.807, 2.05) is 6.07 Å². The van der Waals surface area contributed by atoms with Crippen LogP contribution in [0, 0.1) is 0 Å². The van der Waals surface area contributed by atoms with Crippen molar-refractivity contribution in [3.8, 4) is 0 Å². The summed E-state index contributed by atoms with van der Waals surface area (Å²) in [4.78, 5) is 13.9. The van der Waals surface area contributed by atoms with E-state index in [1.54, 1.807) is 12.1 Å². The third kappa shape index (κ3) is 2.67. The van der Waals surface area contributed by atoms with Gasteiger partial charge in [0.25, 0.3) is 0 Å². The second-order valence-electron chi connectivity index (χ2n) is 5.30. The lowest BCUT2D eigenvalue weighted by atomic mass is 9.96. The number of piperidine rings is 1. The molecule has 0 amide bonds. The van der Waals surface area contributed by atoms with Gasteiger partial charge in [-0.15, -0.1) is 0 Å². The molecule has 1 aromatic carbocycles. The molecule has 4 heteroatoms. The molecule has 0 saturated carbocycles. The van der Waals surface area contributed by atoms with Gasteiger partial charge in [-0.2, -0.15) is 0 Å². The fourth-order valence-electron chi connectivity index (χ4n) is 2.93. The Morgan fingerprint density at radius 3 is 2.47 bits per heavy atom. The van der Waals surface area contributed by atoms with Gasteiger partial charge < -0.3 is 15.4 Å². The van der Waals surface area contributed by atoms with Gasteiger partial charge in [-0.3, -0.25) is 0 Å². The molecule has 0 unspecified atom stereocenters. The molecule has 1 heterocycles. The lowest BCUT2D eigenvalue weighted by molar-refractivity contribution is 0.0601. The predicted molar refractivity (Wildman–Crippen MR) is 77.4 cm³/mol. The highest BCUT2D eigenvalue weighted by atomic mass is 16.5. The molecule has 104 valence electrons. The number of carbonyl (C=O) groups excluding carboxylic acids is 1. The summed E-state index contributed by atoms with van der Waals surface area (Å²) in [5.74, 6) is -0.349. The first kappa shape index (κ1) is 13.7. The Kier molecular flexibility index (Phi) is 3.98. The lowest BCUT2D eigenvalue weighted by Crippen LogP contribution is -2.44. The number of esters is 1. The van der Waals surface area contributed by atoms with Crippen LogP contribution in [0.3, 0.4) is 0 Å². The van der Waals surface area contributed by atoms with Gasteiger partial charge >= 0.3 is 5.97 Å². The first-order valence-electron chi connectivity index (χ1n) is 6.80. The van der Waals surface area contributed by atoms with Crippen LogP contribution in [0.1, 0.15) is 43.5 Å². The van der Waals surface area contributed by atoms with Crippen LogP contribution in [0.25, 0.3) is 0 Å². The average molecular weight is 262 g/mol. The molecular weight excluding hydrogens is 240 g/mol. The maximum Gasteiger partial charge on any atom is 0.337 e. The molecule has 4 nitrogen and oxygen atoms in total. The summed E-state index contributed by atoms with van der Waals surface area (Å²) in [5, 5.41) is 0. The summed E-state index contributed by atoms with van der Waals surface area (Å²) in [7, 11) is 1.38. The van der Waals surface area contributed by atoms with Gasteiger partial charge in [0.2, 0.25) is 0 Å². The van der Waals surface area contributed by atoms with Crippen LogP contribution in [-0.4, -0.2) is 25.2 Å². The number of methoxy groups -OCH3 is 1. The maximum atomic E-state index is 11.5. The summed E-state index contributed by atoms with van der Waals surface area (Å²) in [6.07, 6.45) is 3.63. The number of hydrogen-bond donors (Lipinski definition) is 1. The number of hydrogen-bond acceptors (Lipinski definition) is 4. The van der Waals surface area contributed by atoms with Crippen molar-refractivity contribution < 1.29 is 9.53 Å². The van der Waals surface area contributed by atoms with Crippen LogP contribution in [0.5, 0.6) is 0 Å². The van der Waals surface area contributed by atoms with E-state index >= 15 is 0 Å². The molecule has 0 bridgehead atoms. The van der Waals surface area contributed by atoms with Crippen molar-refractivity contribution in [3.63, 3.8) is 0 Å². The third-order valence-corrected chi connectivity index (χ3v) is 3.92. The Labute approximate surface area is 114 Å². The van der Waals surface area contributed by atoms with Crippen LogP contribution in [0.4, 0.5) is 11.4 Å². The molecule has 0 aromatic heterocycles. The number of nitrogens with two attached hydrogens (primary N) is 1. The minimum atomic E-state index is -0.349. The van der Waals surface area contributed by atoms with E-state index in [9.17, 15) is 4.79 Å². The zero-order valence-corrected chi connectivity index (χ0v) is 11.8. The van der Waals surface area contributed by atoms with E-state index in [4.69, 9.17) is 10.5 Å². The SMILES string of the molecule is COC(=O)c1ccc(N2[C@H](C)CCC[C@@H]2C)c(N)c1. The van der Waals surface area contributed by atoms with Crippen molar-refractivity contribution in [3.05, 3.63) is 23.8 Å². The Hall–Kier alpha value is -1.71. The van der Waals surface area contributed by atoms with Gasteiger partial charge in [0, 0.05) is 12.1 Å². The van der Waals surface area contributed by atoms with Gasteiger partial charge in [-0.05, 0) is 51.3 Å². The summed E-state index contributed by atoms with van der Waals surface area (Å²) in [5.41, 5.74) is 8.28. The third-order valence-electron chi connectivity index (χ3n) is 3.92. The van der Waals surface area contributed by atoms with Gasteiger partial charge in [-0.25, -0.2) is 4.79 Å². The van der Waals surface area contributed by atoms with E-state index in [1.165, 1.54) is 26.4 Å². The first-order valence-corrected chi connectivity index (χ1v) is 6.80. The predicted octanol–water partition coefficient (Wildman–Crippen LogP) is 2.82. The van der Waals surface area contributed by atoms with Gasteiger partial charge in [0.1, 0.15) is 0 Å². The van der Waals surface area contributed by atoms with Crippen molar-refractivity contribution >= 4 is 17.3 Å². The molecule has 2 N–H and O–H groups in total. The van der Waals surface area contributed by atoms with Crippen LogP contribution in [0.2, 0.25) is 0 Å². The molecule has 2 atom stereocenters. The monoisotopic (exact) mass is 262 g/mol. The van der Waals surface area contributed by atoms with Crippen LogP contribution < -0.4 is 10.6 Å². The Bertz CT molecular complexity index is 463. The highest BCUT2D eigenvalue weighted by Crippen LogP contribution is 2.33. The fourth-order valence-corrected chi connectivity index (χ4v) is 2.93. The van der Waals surface area contributed by atoms with Crippen molar-refractivity contribution in [2.45, 2.75) is 45.2 Å². The zero-order chi connectivity index (χ0) is 14.0. The van der Waals surface area contributed by atoms with Gasteiger partial charge in [0.05, 0.1) is 24.0 Å². The molecule has 2 rings (SSSR count). The fraction of sp³-hybridized carbons (Fsp3) is 0.533. The van der Waals surface area contributed by atoms with Gasteiger partial charge in [0.15, 0.2) is 0 Å². The Morgan fingerprint density at radius 2 is 1.95 bits per heavy atom. The average Bonchev–Trinajstić information content (AvgIpc) is 2.39. The van der Waals surface area contributed by atoms with E-state index in [0.717, 1.165) is 5.69 Å². The number of anilines is 2. The van der Waals surface area contributed by atoms with Crippen LogP contribution in [-0.2, 0) is 4.74 Å². The van der Waals surface area contributed by atoms with Crippen molar-refractivity contribution in [1.29, 1.82) is 0 Å². The number of nitrogen functional groups attached to an aromatic ring is 1. The molecule has 1 saturated heterocycles. The van der Waals surface area contributed by atoms with E-state index < -0.39 is 0 Å². The maximum absolute atomic E-state index is 11.5. The molecule has 0 aliphatic carbocycles. The molecule has 1 fully saturated rings. The summed E-state index contributed by atoms with van der Waals surface area (Å²) < 4.78 is 4.71. The summed E-state index contributed by atoms with van der Waals surface area (Å²) >= 11 is 0. The number of benzene rings is 1. The number of rotatable bonds is 2. The molecule has 1 aliphatic rings. The summed E-state index contributed by atoms with van der Waals surface area (Å²) in [6.45, 7) is 4.45. The first-order chi connectivity index (χ1) is 9.04. The summed E-state index contributed by atoms with van der Waals surface area (Å²) in [6, 6.07) is 6.38. The van der Waals surface area contributed by atoms with Crippen molar-refractivity contribution in [2.75, 3.05) is 17.7 Å². The second kappa shape index (κ2) is 5.51. The lowest BCUT2D eigenvalue weighted by Gasteiger charge is -2.41. The Morgan fingerprint density at radius 1 is 1.32 bits per heavy atom. The second-order valence-corrected chi connectivity index (χ2v) is 5.30. The quantitative estimate of drug-likeness (QED) is 0.657. The number of ether oxygens (including phenoxy) is 1. The van der Waals surface area contributed by atoms with E-state index in [2.05, 4.69) is 18.7 Å². The highest BCUT2D eigenvalue weighted by Gasteiger charge is 2.26. The number of nitrogens with zero attached hydrogens (tertiary/aromatic N) is 1. The normalized spacial score (nSPS) is 23.2. The van der Waals surface area contributed by atoms with E-state index in [-0.39, 0.29) is 5.97 Å². The minimum absolute atomic E-state index is 0.349. The largest absolute Gasteiger partial charge is 0.465 e. The molecule has 0 radical (unpaired) electrons. The molecule has 1 aliphatic heterocycles. The minimum Gasteiger partial charge on any atom is -0.465 e. The van der Waals surface area contributed by atoms with Crippen LogP contribution in [0.15, 0.2) is 18.2 Å². The molecule has 19 heavy (non-hydrogen) atoms. The van der Waals surface area contributed by atoms with Gasteiger partial charge in [-0.1, -0.05) is 0 Å². The van der Waals surface area contributed by atoms with Crippen LogP contribution >= 0.6 is 0 Å². The van der Waals surface area contributed by atoms with Crippen molar-refractivity contribution in [2.24, 2.45) is 0 Å². The van der Waals surface area contributed by atoms with E-state index in [0.29, 0.717) is 23.3 Å². The Balaban J connectivity index is 2.32. The smallest absolute Gasteiger partial charge is 0.337 e. The molecule has 0 spiro atoms. The zero-order valence-electron chi connectivity index (χ0n) is 11.8. The van der Waals surface area contributed by atoms with Crippen molar-refractivity contribution in [1.82, 2.24) is 0 Å². The topological polar surface area (TPSA) is 55.6 Å². The highest BCUT2D eigenvalue weighted by molar-refractivity contribution is 5.92.